The molecule has 0 spiro atoms. The van der Waals surface area contributed by atoms with Crippen LogP contribution in [0.15, 0.2) is 24.4 Å². The molecule has 2 aromatic rings. The van der Waals surface area contributed by atoms with Crippen molar-refractivity contribution in [2.75, 3.05) is 19.5 Å². The first-order valence-corrected chi connectivity index (χ1v) is 6.72. The number of nitrogens with one attached hydrogen (secondary N) is 1. The van der Waals surface area contributed by atoms with Gasteiger partial charge in [-0.2, -0.15) is 0 Å². The average Bonchev–Trinajstić information content (AvgIpc) is 3.02. The van der Waals surface area contributed by atoms with E-state index in [1.165, 1.54) is 11.8 Å². The number of nitrogens with two attached hydrogens (primary N) is 1. The number of carbonyl (C=O) groups is 1. The number of methoxy groups -OCH3 is 2. The second-order valence-corrected chi connectivity index (χ2v) is 4.63. The zero-order chi connectivity index (χ0) is 16.1. The molecule has 1 amide bonds. The lowest BCUT2D eigenvalue weighted by atomic mass is 10.2. The van der Waals surface area contributed by atoms with Crippen LogP contribution in [0.3, 0.4) is 0 Å². The second-order valence-electron chi connectivity index (χ2n) is 4.63. The molecule has 0 aliphatic carbocycles. The molecule has 1 heterocycles. The van der Waals surface area contributed by atoms with Crippen LogP contribution in [-0.2, 0) is 11.3 Å². The van der Waals surface area contributed by atoms with E-state index in [9.17, 15) is 4.79 Å². The van der Waals surface area contributed by atoms with Gasteiger partial charge in [0, 0.05) is 18.3 Å². The van der Waals surface area contributed by atoms with Crippen LogP contribution >= 0.6 is 0 Å². The molecule has 1 unspecified atom stereocenters. The van der Waals surface area contributed by atoms with Gasteiger partial charge >= 0.3 is 0 Å². The maximum absolute atomic E-state index is 12.3. The van der Waals surface area contributed by atoms with E-state index in [-0.39, 0.29) is 12.5 Å². The summed E-state index contributed by atoms with van der Waals surface area (Å²) in [6.07, 6.45) is 1.65. The minimum Gasteiger partial charge on any atom is -0.493 e. The van der Waals surface area contributed by atoms with Gasteiger partial charge in [0.2, 0.25) is 5.91 Å². The number of carbonyl (C=O) groups excluding carboxylic acids is 1. The lowest BCUT2D eigenvalue weighted by molar-refractivity contribution is -0.119. The Labute approximate surface area is 128 Å². The maximum atomic E-state index is 12.3. The first-order valence-electron chi connectivity index (χ1n) is 6.72. The van der Waals surface area contributed by atoms with Gasteiger partial charge in [-0.25, -0.2) is 4.68 Å². The highest BCUT2D eigenvalue weighted by atomic mass is 16.5. The lowest BCUT2D eigenvalue weighted by Gasteiger charge is -2.14. The zero-order valence-corrected chi connectivity index (χ0v) is 12.7. The van der Waals surface area contributed by atoms with Crippen molar-refractivity contribution in [1.29, 1.82) is 0 Å². The topological polar surface area (TPSA) is 104 Å². The largest absolute Gasteiger partial charge is 0.493 e. The van der Waals surface area contributed by atoms with E-state index < -0.39 is 6.04 Å². The van der Waals surface area contributed by atoms with Crippen molar-refractivity contribution >= 4 is 11.6 Å². The Kier molecular flexibility index (Phi) is 4.95. The number of amides is 1. The highest BCUT2D eigenvalue weighted by Crippen LogP contribution is 2.29. The Morgan fingerprint density at radius 2 is 2.09 bits per heavy atom. The van der Waals surface area contributed by atoms with Crippen molar-refractivity contribution in [3.63, 3.8) is 0 Å². The van der Waals surface area contributed by atoms with Crippen molar-refractivity contribution in [3.05, 3.63) is 30.1 Å². The van der Waals surface area contributed by atoms with Crippen LogP contribution in [0.4, 0.5) is 5.69 Å². The molecule has 0 aliphatic rings. The Bertz CT molecular complexity index is 656. The van der Waals surface area contributed by atoms with Gasteiger partial charge in [0.05, 0.1) is 26.1 Å². The van der Waals surface area contributed by atoms with Gasteiger partial charge in [0.25, 0.3) is 0 Å². The van der Waals surface area contributed by atoms with Crippen LogP contribution < -0.4 is 20.5 Å². The molecule has 1 atom stereocenters. The molecule has 0 radical (unpaired) electrons. The van der Waals surface area contributed by atoms with Crippen molar-refractivity contribution in [3.8, 4) is 11.5 Å². The molecule has 0 bridgehead atoms. The fourth-order valence-corrected chi connectivity index (χ4v) is 1.88. The predicted octanol–water partition coefficient (Wildman–Crippen LogP) is 0.954. The number of nitrogens with zero attached hydrogens (tertiary/aromatic N) is 3. The molecule has 0 saturated heterocycles. The molecule has 22 heavy (non-hydrogen) atoms. The Balaban J connectivity index is 2.11. The van der Waals surface area contributed by atoms with Crippen molar-refractivity contribution < 1.29 is 14.3 Å². The third kappa shape index (κ3) is 3.34. The summed E-state index contributed by atoms with van der Waals surface area (Å²) in [7, 11) is 3.09. The number of hydrogen-bond acceptors (Lipinski definition) is 6. The molecular weight excluding hydrogens is 286 g/mol. The highest BCUT2D eigenvalue weighted by Gasteiger charge is 2.17. The normalized spacial score (nSPS) is 11.8. The summed E-state index contributed by atoms with van der Waals surface area (Å²) in [6, 6.07) is 4.64. The van der Waals surface area contributed by atoms with Gasteiger partial charge in [-0.1, -0.05) is 5.21 Å². The maximum Gasteiger partial charge on any atom is 0.249 e. The third-order valence-electron chi connectivity index (χ3n) is 3.19. The third-order valence-corrected chi connectivity index (χ3v) is 3.19. The number of rotatable bonds is 6. The zero-order valence-electron chi connectivity index (χ0n) is 12.7. The molecule has 118 valence electrons. The van der Waals surface area contributed by atoms with Crippen molar-refractivity contribution in [1.82, 2.24) is 15.0 Å². The molecule has 3 N–H and O–H groups in total. The first kappa shape index (κ1) is 15.8. The summed E-state index contributed by atoms with van der Waals surface area (Å²) in [5.41, 5.74) is 6.72. The smallest absolute Gasteiger partial charge is 0.249 e. The molecular formula is C14H19N5O3. The molecule has 1 aromatic heterocycles. The molecule has 0 saturated carbocycles. The van der Waals surface area contributed by atoms with Crippen LogP contribution in [0.2, 0.25) is 0 Å². The van der Waals surface area contributed by atoms with E-state index in [4.69, 9.17) is 15.2 Å². The number of benzene rings is 1. The van der Waals surface area contributed by atoms with Crippen LogP contribution in [0.1, 0.15) is 18.7 Å². The van der Waals surface area contributed by atoms with E-state index >= 15 is 0 Å². The second kappa shape index (κ2) is 6.90. The molecule has 0 aliphatic heterocycles. The number of hydrogen-bond donors (Lipinski definition) is 2. The summed E-state index contributed by atoms with van der Waals surface area (Å²) in [4.78, 5) is 12.3. The Morgan fingerprint density at radius 1 is 1.36 bits per heavy atom. The van der Waals surface area contributed by atoms with Crippen LogP contribution in [0.25, 0.3) is 0 Å². The molecule has 2 rings (SSSR count). The van der Waals surface area contributed by atoms with Crippen LogP contribution in [0, 0.1) is 0 Å². The van der Waals surface area contributed by atoms with Crippen molar-refractivity contribution in [2.24, 2.45) is 5.73 Å². The standard InChI is InChI=1S/C14H19N5O3/c1-9(19-8-11(7-15)17-18-19)14(20)16-10-4-5-12(21-2)13(6-10)22-3/h4-6,8-9H,7,15H2,1-3H3,(H,16,20). The van der Waals surface area contributed by atoms with Gasteiger partial charge in [0.15, 0.2) is 11.5 Å². The van der Waals surface area contributed by atoms with Gasteiger partial charge in [0.1, 0.15) is 6.04 Å². The minimum absolute atomic E-state index is 0.222. The lowest BCUT2D eigenvalue weighted by Crippen LogP contribution is -2.24. The first-order chi connectivity index (χ1) is 10.6. The molecule has 8 nitrogen and oxygen atoms in total. The summed E-state index contributed by atoms with van der Waals surface area (Å²) in [5, 5.41) is 10.6. The fraction of sp³-hybridized carbons (Fsp3) is 0.357. The van der Waals surface area contributed by atoms with E-state index in [0.29, 0.717) is 22.9 Å². The number of aromatic nitrogens is 3. The molecule has 8 heteroatoms. The van der Waals surface area contributed by atoms with E-state index in [0.717, 1.165) is 0 Å². The van der Waals surface area contributed by atoms with Gasteiger partial charge in [-0.05, 0) is 19.1 Å². The van der Waals surface area contributed by atoms with E-state index in [1.807, 2.05) is 0 Å². The number of ether oxygens (including phenoxy) is 2. The summed E-state index contributed by atoms with van der Waals surface area (Å²) in [6.45, 7) is 2.01. The predicted molar refractivity (Wildman–Crippen MR) is 80.8 cm³/mol. The monoisotopic (exact) mass is 305 g/mol. The fourth-order valence-electron chi connectivity index (χ4n) is 1.88. The summed E-state index contributed by atoms with van der Waals surface area (Å²) in [5.74, 6) is 0.914. The minimum atomic E-state index is -0.513. The van der Waals surface area contributed by atoms with Gasteiger partial charge in [-0.3, -0.25) is 4.79 Å². The SMILES string of the molecule is COc1ccc(NC(=O)C(C)n2cc(CN)nn2)cc1OC. The summed E-state index contributed by atoms with van der Waals surface area (Å²) < 4.78 is 11.8. The molecule has 0 fully saturated rings. The van der Waals surface area contributed by atoms with Crippen molar-refractivity contribution in [2.45, 2.75) is 19.5 Å². The van der Waals surface area contributed by atoms with Crippen LogP contribution in [-0.4, -0.2) is 35.1 Å². The summed E-state index contributed by atoms with van der Waals surface area (Å²) >= 11 is 0. The van der Waals surface area contributed by atoms with Gasteiger partial charge in [-0.15, -0.1) is 5.10 Å². The van der Waals surface area contributed by atoms with E-state index in [2.05, 4.69) is 15.6 Å². The van der Waals surface area contributed by atoms with E-state index in [1.54, 1.807) is 38.4 Å². The quantitative estimate of drug-likeness (QED) is 0.823. The van der Waals surface area contributed by atoms with Gasteiger partial charge < -0.3 is 20.5 Å². The Morgan fingerprint density at radius 3 is 2.68 bits per heavy atom. The van der Waals surface area contributed by atoms with Crippen LogP contribution in [0.5, 0.6) is 11.5 Å². The average molecular weight is 305 g/mol. The number of anilines is 1. The molecule has 1 aromatic carbocycles. The highest BCUT2D eigenvalue weighted by molar-refractivity contribution is 5.93. The Hall–Kier alpha value is -2.61.